The average molecular weight is 438 g/mol. The van der Waals surface area contributed by atoms with E-state index in [2.05, 4.69) is 42.6 Å². The molecule has 0 aliphatic carbocycles. The number of rotatable bonds is 5. The molecule has 0 aliphatic heterocycles. The van der Waals surface area contributed by atoms with Crippen LogP contribution >= 0.6 is 0 Å². The van der Waals surface area contributed by atoms with E-state index in [1.54, 1.807) is 18.7 Å². The molecule has 9 nitrogen and oxygen atoms in total. The first-order valence-corrected chi connectivity index (χ1v) is 10.4. The van der Waals surface area contributed by atoms with Gasteiger partial charge in [0, 0.05) is 24.0 Å². The Kier molecular flexibility index (Phi) is 5.06. The third kappa shape index (κ3) is 4.03. The fraction of sp³-hybridized carbons (Fsp3) is 0.125. The molecule has 9 heteroatoms. The first-order chi connectivity index (χ1) is 16.0. The quantitative estimate of drug-likeness (QED) is 0.384. The second-order valence-corrected chi connectivity index (χ2v) is 7.80. The van der Waals surface area contributed by atoms with Crippen molar-refractivity contribution < 1.29 is 4.74 Å². The van der Waals surface area contributed by atoms with Crippen LogP contribution in [-0.2, 0) is 7.05 Å². The summed E-state index contributed by atoms with van der Waals surface area (Å²) < 4.78 is 8.23. The molecule has 164 valence electrons. The number of aryl methyl sites for hydroxylation is 3. The number of nitrogens with zero attached hydrogens (tertiary/aromatic N) is 6. The Morgan fingerprint density at radius 1 is 0.939 bits per heavy atom. The number of hydrogen-bond donors (Lipinski definition) is 2. The van der Waals surface area contributed by atoms with Crippen molar-refractivity contribution in [2.45, 2.75) is 13.8 Å². The van der Waals surface area contributed by atoms with E-state index in [1.165, 1.54) is 0 Å². The number of fused-ring (bicyclic) bond motifs is 1. The fourth-order valence-corrected chi connectivity index (χ4v) is 3.68. The van der Waals surface area contributed by atoms with Crippen molar-refractivity contribution in [3.63, 3.8) is 0 Å². The van der Waals surface area contributed by atoms with Gasteiger partial charge in [0.15, 0.2) is 11.2 Å². The standard InChI is InChI=1S/C24H22N8O/c1-14-10-17(16-8-9-27-28-12-16)11-15(2)21(14)33-23-20-22(26-13-32(20)3)30-24(31-23)29-19-6-4-18(25)5-7-19/h4-13H,25H2,1-3H3,(H,29,30,31). The zero-order valence-corrected chi connectivity index (χ0v) is 18.4. The predicted molar refractivity (Wildman–Crippen MR) is 127 cm³/mol. The van der Waals surface area contributed by atoms with Crippen molar-refractivity contribution in [2.24, 2.45) is 7.05 Å². The third-order valence-electron chi connectivity index (χ3n) is 5.28. The lowest BCUT2D eigenvalue weighted by atomic mass is 10.0. The second kappa shape index (κ2) is 8.19. The lowest BCUT2D eigenvalue weighted by Gasteiger charge is -2.15. The van der Waals surface area contributed by atoms with Crippen LogP contribution in [0.25, 0.3) is 22.3 Å². The number of aromatic nitrogens is 6. The highest BCUT2D eigenvalue weighted by Crippen LogP contribution is 2.35. The Morgan fingerprint density at radius 3 is 2.39 bits per heavy atom. The first-order valence-electron chi connectivity index (χ1n) is 10.4. The van der Waals surface area contributed by atoms with Crippen molar-refractivity contribution in [3.8, 4) is 22.8 Å². The molecule has 5 rings (SSSR count). The molecule has 0 bridgehead atoms. The molecule has 5 aromatic rings. The van der Waals surface area contributed by atoms with Gasteiger partial charge in [-0.05, 0) is 73.0 Å². The van der Waals surface area contributed by atoms with Crippen LogP contribution in [0.3, 0.4) is 0 Å². The van der Waals surface area contributed by atoms with Crippen molar-refractivity contribution in [1.82, 2.24) is 29.7 Å². The normalized spacial score (nSPS) is 11.0. The monoisotopic (exact) mass is 438 g/mol. The maximum Gasteiger partial charge on any atom is 0.250 e. The summed E-state index contributed by atoms with van der Waals surface area (Å²) in [5, 5.41) is 11.0. The number of anilines is 3. The molecule has 33 heavy (non-hydrogen) atoms. The van der Waals surface area contributed by atoms with Gasteiger partial charge in [-0.3, -0.25) is 0 Å². The van der Waals surface area contributed by atoms with E-state index in [0.717, 1.165) is 33.7 Å². The summed E-state index contributed by atoms with van der Waals surface area (Å²) in [6.07, 6.45) is 5.12. The van der Waals surface area contributed by atoms with Gasteiger partial charge in [0.05, 0.1) is 18.7 Å². The van der Waals surface area contributed by atoms with Gasteiger partial charge in [-0.1, -0.05) is 0 Å². The summed E-state index contributed by atoms with van der Waals surface area (Å²) in [6, 6.07) is 13.4. The number of imidazole rings is 1. The molecule has 0 amide bonds. The summed E-state index contributed by atoms with van der Waals surface area (Å²) in [5.74, 6) is 1.54. The van der Waals surface area contributed by atoms with Crippen molar-refractivity contribution >= 4 is 28.5 Å². The SMILES string of the molecule is Cc1cc(-c2ccnnc2)cc(C)c1Oc1nc(Nc2ccc(N)cc2)nc2ncn(C)c12. The molecular formula is C24H22N8O. The van der Waals surface area contributed by atoms with Crippen LogP contribution in [0, 0.1) is 13.8 Å². The van der Waals surface area contributed by atoms with E-state index in [0.29, 0.717) is 28.7 Å². The molecule has 3 N–H and O–H groups in total. The van der Waals surface area contributed by atoms with Gasteiger partial charge in [0.2, 0.25) is 5.95 Å². The van der Waals surface area contributed by atoms with Gasteiger partial charge in [-0.25, -0.2) is 4.98 Å². The zero-order valence-electron chi connectivity index (χ0n) is 18.4. The highest BCUT2D eigenvalue weighted by atomic mass is 16.5. The molecular weight excluding hydrogens is 416 g/mol. The van der Waals surface area contributed by atoms with Crippen molar-refractivity contribution in [2.75, 3.05) is 11.1 Å². The van der Waals surface area contributed by atoms with Crippen LogP contribution < -0.4 is 15.8 Å². The molecule has 3 heterocycles. The highest BCUT2D eigenvalue weighted by molar-refractivity contribution is 5.79. The van der Waals surface area contributed by atoms with Gasteiger partial charge >= 0.3 is 0 Å². The van der Waals surface area contributed by atoms with Crippen molar-refractivity contribution in [3.05, 3.63) is 72.3 Å². The lowest BCUT2D eigenvalue weighted by molar-refractivity contribution is 0.459. The lowest BCUT2D eigenvalue weighted by Crippen LogP contribution is -2.03. The van der Waals surface area contributed by atoms with Crippen LogP contribution in [0.4, 0.5) is 17.3 Å². The zero-order chi connectivity index (χ0) is 22.9. The summed E-state index contributed by atoms with van der Waals surface area (Å²) in [7, 11) is 1.89. The summed E-state index contributed by atoms with van der Waals surface area (Å²) >= 11 is 0. The Labute approximate surface area is 190 Å². The largest absolute Gasteiger partial charge is 0.436 e. The molecule has 0 atom stereocenters. The van der Waals surface area contributed by atoms with Gasteiger partial charge < -0.3 is 20.4 Å². The number of ether oxygens (including phenoxy) is 1. The van der Waals surface area contributed by atoms with Crippen LogP contribution in [0.15, 0.2) is 61.2 Å². The van der Waals surface area contributed by atoms with Gasteiger partial charge in [0.1, 0.15) is 5.75 Å². The van der Waals surface area contributed by atoms with Crippen LogP contribution in [-0.4, -0.2) is 29.7 Å². The Balaban J connectivity index is 1.54. The topological polar surface area (TPSA) is 117 Å². The number of benzene rings is 2. The van der Waals surface area contributed by atoms with Gasteiger partial charge in [0.25, 0.3) is 5.88 Å². The van der Waals surface area contributed by atoms with E-state index in [-0.39, 0.29) is 0 Å². The maximum atomic E-state index is 6.38. The van der Waals surface area contributed by atoms with Gasteiger partial charge in [-0.2, -0.15) is 20.2 Å². The van der Waals surface area contributed by atoms with Gasteiger partial charge in [-0.15, -0.1) is 0 Å². The number of nitrogen functional groups attached to an aromatic ring is 1. The number of hydrogen-bond acceptors (Lipinski definition) is 8. The molecule has 0 unspecified atom stereocenters. The van der Waals surface area contributed by atoms with E-state index >= 15 is 0 Å². The molecule has 3 aromatic heterocycles. The molecule has 0 spiro atoms. The third-order valence-corrected chi connectivity index (χ3v) is 5.28. The molecule has 0 fully saturated rings. The minimum Gasteiger partial charge on any atom is -0.436 e. The van der Waals surface area contributed by atoms with Crippen LogP contribution in [0.5, 0.6) is 11.6 Å². The molecule has 0 radical (unpaired) electrons. The molecule has 0 saturated carbocycles. The van der Waals surface area contributed by atoms with E-state index in [9.17, 15) is 0 Å². The number of nitrogens with one attached hydrogen (secondary N) is 1. The summed E-state index contributed by atoms with van der Waals surface area (Å²) in [6.45, 7) is 4.02. The van der Waals surface area contributed by atoms with E-state index < -0.39 is 0 Å². The Bertz CT molecular complexity index is 1420. The van der Waals surface area contributed by atoms with E-state index in [4.69, 9.17) is 10.5 Å². The fourth-order valence-electron chi connectivity index (χ4n) is 3.68. The maximum absolute atomic E-state index is 6.38. The molecule has 0 saturated heterocycles. The second-order valence-electron chi connectivity index (χ2n) is 7.80. The Hall–Kier alpha value is -4.53. The number of nitrogens with two attached hydrogens (primary N) is 1. The summed E-state index contributed by atoms with van der Waals surface area (Å²) in [5.41, 5.74) is 12.5. The molecule has 2 aromatic carbocycles. The van der Waals surface area contributed by atoms with Crippen LogP contribution in [0.1, 0.15) is 11.1 Å². The van der Waals surface area contributed by atoms with E-state index in [1.807, 2.05) is 55.8 Å². The predicted octanol–water partition coefficient (Wildman–Crippen LogP) is 4.56. The first kappa shape index (κ1) is 20.4. The molecule has 0 aliphatic rings. The Morgan fingerprint density at radius 2 is 1.70 bits per heavy atom. The highest BCUT2D eigenvalue weighted by Gasteiger charge is 2.17. The smallest absolute Gasteiger partial charge is 0.250 e. The van der Waals surface area contributed by atoms with Crippen molar-refractivity contribution in [1.29, 1.82) is 0 Å². The average Bonchev–Trinajstić information content (AvgIpc) is 3.19. The van der Waals surface area contributed by atoms with Crippen LogP contribution in [0.2, 0.25) is 0 Å². The minimum atomic E-state index is 0.385. The minimum absolute atomic E-state index is 0.385. The summed E-state index contributed by atoms with van der Waals surface area (Å²) in [4.78, 5) is 13.6.